The summed E-state index contributed by atoms with van der Waals surface area (Å²) in [5.74, 6) is -2.54. The molecule has 3 atom stereocenters. The number of carbonyl (C=O) groups excluding carboxylic acids is 4. The number of imide groups is 1. The molecule has 7 nitrogen and oxygen atoms in total. The SMILES string of the molecule is Cc1ccc(N2C[C@H](C(=O)Oc3ccc(N4C(=O)[C@@H]5C6c7ccccc7C(c7ccccc76)[C@@H]5C4=O)cc3)CC2=O)cc1C. The lowest BCUT2D eigenvalue weighted by Crippen LogP contribution is -2.41. The minimum atomic E-state index is -0.590. The summed E-state index contributed by atoms with van der Waals surface area (Å²) in [4.78, 5) is 56.7. The van der Waals surface area contributed by atoms with E-state index in [-0.39, 0.29) is 42.5 Å². The van der Waals surface area contributed by atoms with Crippen molar-refractivity contribution in [3.63, 3.8) is 0 Å². The summed E-state index contributed by atoms with van der Waals surface area (Å²) in [5.41, 5.74) is 7.97. The first-order valence-electron chi connectivity index (χ1n) is 15.1. The third kappa shape index (κ3) is 3.81. The minimum absolute atomic E-state index is 0.0799. The molecule has 2 bridgehead atoms. The van der Waals surface area contributed by atoms with Crippen LogP contribution in [0.2, 0.25) is 0 Å². The lowest BCUT2D eigenvalue weighted by Gasteiger charge is -2.45. The number of nitrogens with zero attached hydrogens (tertiary/aromatic N) is 2. The summed E-state index contributed by atoms with van der Waals surface area (Å²) in [6.45, 7) is 4.26. The second kappa shape index (κ2) is 9.74. The van der Waals surface area contributed by atoms with Gasteiger partial charge in [0.15, 0.2) is 0 Å². The molecule has 5 aliphatic rings. The maximum Gasteiger partial charge on any atom is 0.316 e. The molecular formula is C37H30N2O5. The largest absolute Gasteiger partial charge is 0.426 e. The molecule has 2 fully saturated rings. The van der Waals surface area contributed by atoms with E-state index in [0.717, 1.165) is 39.1 Å². The summed E-state index contributed by atoms with van der Waals surface area (Å²) in [7, 11) is 0. The topological polar surface area (TPSA) is 84.0 Å². The number of ether oxygens (including phenoxy) is 1. The number of esters is 1. The molecule has 0 saturated carbocycles. The fraction of sp³-hybridized carbons (Fsp3) is 0.243. The Balaban J connectivity index is 1.01. The van der Waals surface area contributed by atoms with Crippen molar-refractivity contribution in [2.24, 2.45) is 17.8 Å². The molecule has 0 unspecified atom stereocenters. The lowest BCUT2D eigenvalue weighted by molar-refractivity contribution is -0.139. The van der Waals surface area contributed by atoms with E-state index in [4.69, 9.17) is 4.74 Å². The van der Waals surface area contributed by atoms with E-state index in [1.165, 1.54) is 4.90 Å². The van der Waals surface area contributed by atoms with Gasteiger partial charge in [-0.05, 0) is 83.6 Å². The standard InChI is InChI=1S/C37H30N2O5/c1-20-11-12-24(17-21(20)2)38-19-22(18-30(38)40)37(43)44-25-15-13-23(14-16-25)39-35(41)33-31-26-7-3-4-8-27(26)32(34(33)36(39)42)29-10-6-5-9-28(29)31/h3-17,22,31-34H,18-19H2,1-2H3/t22-,31?,32?,33-,34+/m1/s1. The normalized spacial score (nSPS) is 24.8. The Morgan fingerprint density at radius 3 is 1.73 bits per heavy atom. The zero-order valence-electron chi connectivity index (χ0n) is 24.4. The molecule has 218 valence electrons. The maximum absolute atomic E-state index is 14.0. The van der Waals surface area contributed by atoms with E-state index >= 15 is 0 Å². The monoisotopic (exact) mass is 582 g/mol. The predicted molar refractivity (Wildman–Crippen MR) is 164 cm³/mol. The molecular weight excluding hydrogens is 552 g/mol. The van der Waals surface area contributed by atoms with Gasteiger partial charge in [-0.3, -0.25) is 19.2 Å². The van der Waals surface area contributed by atoms with Gasteiger partial charge in [-0.25, -0.2) is 4.90 Å². The third-order valence-electron chi connectivity index (χ3n) is 10.0. The fourth-order valence-electron chi connectivity index (χ4n) is 7.80. The Kier molecular flexibility index (Phi) is 5.88. The van der Waals surface area contributed by atoms with Crippen molar-refractivity contribution >= 4 is 35.1 Å². The van der Waals surface area contributed by atoms with E-state index in [9.17, 15) is 19.2 Å². The Labute approximate surface area is 255 Å². The van der Waals surface area contributed by atoms with Gasteiger partial charge in [-0.15, -0.1) is 0 Å². The van der Waals surface area contributed by atoms with Crippen molar-refractivity contribution in [1.29, 1.82) is 0 Å². The van der Waals surface area contributed by atoms with Crippen molar-refractivity contribution in [1.82, 2.24) is 0 Å². The summed E-state index contributed by atoms with van der Waals surface area (Å²) in [6.07, 6.45) is 0.0799. The van der Waals surface area contributed by atoms with Gasteiger partial charge < -0.3 is 9.64 Å². The summed E-state index contributed by atoms with van der Waals surface area (Å²) in [5, 5.41) is 0. The molecule has 3 amide bonds. The highest BCUT2D eigenvalue weighted by atomic mass is 16.5. The molecule has 0 radical (unpaired) electrons. The second-order valence-corrected chi connectivity index (χ2v) is 12.4. The number of benzene rings is 4. The molecule has 2 heterocycles. The van der Waals surface area contributed by atoms with Crippen LogP contribution in [0.4, 0.5) is 11.4 Å². The van der Waals surface area contributed by atoms with E-state index in [1.807, 2.05) is 56.3 Å². The van der Waals surface area contributed by atoms with Crippen LogP contribution in [-0.4, -0.2) is 30.2 Å². The van der Waals surface area contributed by atoms with Crippen LogP contribution < -0.4 is 14.5 Å². The first kappa shape index (κ1) is 26.6. The van der Waals surface area contributed by atoms with Gasteiger partial charge in [0.2, 0.25) is 17.7 Å². The lowest BCUT2D eigenvalue weighted by atomic mass is 9.55. The van der Waals surface area contributed by atoms with E-state index in [0.29, 0.717) is 11.4 Å². The van der Waals surface area contributed by atoms with Gasteiger partial charge >= 0.3 is 5.97 Å². The third-order valence-corrected chi connectivity index (χ3v) is 10.0. The van der Waals surface area contributed by atoms with Crippen LogP contribution in [0.5, 0.6) is 5.75 Å². The van der Waals surface area contributed by atoms with Crippen LogP contribution in [0.3, 0.4) is 0 Å². The van der Waals surface area contributed by atoms with Crippen LogP contribution in [0.1, 0.15) is 51.6 Å². The number of aryl methyl sites for hydroxylation is 2. The number of hydrogen-bond acceptors (Lipinski definition) is 5. The maximum atomic E-state index is 14.0. The first-order valence-corrected chi connectivity index (χ1v) is 15.1. The number of rotatable bonds is 4. The average molecular weight is 583 g/mol. The Hall–Kier alpha value is -5.04. The summed E-state index contributed by atoms with van der Waals surface area (Å²) < 4.78 is 5.66. The molecule has 2 saturated heterocycles. The second-order valence-electron chi connectivity index (χ2n) is 12.4. The van der Waals surface area contributed by atoms with Gasteiger partial charge in [-0.1, -0.05) is 54.6 Å². The average Bonchev–Trinajstić information content (AvgIpc) is 3.56. The molecule has 7 heteroatoms. The summed E-state index contributed by atoms with van der Waals surface area (Å²) in [6, 6.07) is 28.7. The van der Waals surface area contributed by atoms with Crippen LogP contribution in [-0.2, 0) is 19.2 Å². The fourth-order valence-corrected chi connectivity index (χ4v) is 7.80. The Morgan fingerprint density at radius 1 is 0.682 bits per heavy atom. The number of hydrogen-bond donors (Lipinski definition) is 0. The van der Waals surface area contributed by atoms with Gasteiger partial charge in [0.1, 0.15) is 5.75 Å². The van der Waals surface area contributed by atoms with Crippen molar-refractivity contribution in [3.8, 4) is 5.75 Å². The van der Waals surface area contributed by atoms with Crippen LogP contribution in [0.15, 0.2) is 91.0 Å². The molecule has 9 rings (SSSR count). The van der Waals surface area contributed by atoms with Crippen molar-refractivity contribution in [3.05, 3.63) is 124 Å². The highest BCUT2D eigenvalue weighted by Crippen LogP contribution is 2.61. The predicted octanol–water partition coefficient (Wildman–Crippen LogP) is 5.66. The Morgan fingerprint density at radius 2 is 1.20 bits per heavy atom. The Bertz CT molecular complexity index is 1780. The highest BCUT2D eigenvalue weighted by molar-refractivity contribution is 6.23. The molecule has 0 N–H and O–H groups in total. The van der Waals surface area contributed by atoms with Crippen molar-refractivity contribution in [2.75, 3.05) is 16.3 Å². The number of carbonyl (C=O) groups is 4. The molecule has 2 aliphatic heterocycles. The van der Waals surface area contributed by atoms with Crippen LogP contribution in [0, 0.1) is 31.6 Å². The van der Waals surface area contributed by atoms with E-state index in [2.05, 4.69) is 24.3 Å². The quantitative estimate of drug-likeness (QED) is 0.176. The minimum Gasteiger partial charge on any atom is -0.426 e. The van der Waals surface area contributed by atoms with Gasteiger partial charge in [0.05, 0.1) is 23.4 Å². The highest BCUT2D eigenvalue weighted by Gasteiger charge is 2.61. The van der Waals surface area contributed by atoms with Gasteiger partial charge in [-0.2, -0.15) is 0 Å². The first-order chi connectivity index (χ1) is 21.3. The van der Waals surface area contributed by atoms with Gasteiger partial charge in [0, 0.05) is 30.5 Å². The summed E-state index contributed by atoms with van der Waals surface area (Å²) >= 11 is 0. The zero-order valence-corrected chi connectivity index (χ0v) is 24.4. The molecule has 4 aromatic carbocycles. The molecule has 44 heavy (non-hydrogen) atoms. The van der Waals surface area contributed by atoms with Crippen LogP contribution in [0.25, 0.3) is 0 Å². The molecule has 0 spiro atoms. The number of amides is 3. The van der Waals surface area contributed by atoms with E-state index in [1.54, 1.807) is 29.2 Å². The van der Waals surface area contributed by atoms with Crippen molar-refractivity contribution < 1.29 is 23.9 Å². The number of anilines is 2. The van der Waals surface area contributed by atoms with Gasteiger partial charge in [0.25, 0.3) is 0 Å². The molecule has 4 aromatic rings. The molecule has 0 aromatic heterocycles. The molecule has 3 aliphatic carbocycles. The smallest absolute Gasteiger partial charge is 0.316 e. The van der Waals surface area contributed by atoms with Crippen molar-refractivity contribution in [2.45, 2.75) is 32.1 Å². The zero-order chi connectivity index (χ0) is 30.3. The van der Waals surface area contributed by atoms with E-state index < -0.39 is 23.7 Å². The van der Waals surface area contributed by atoms with Crippen LogP contribution >= 0.6 is 0 Å².